The van der Waals surface area contributed by atoms with Crippen LogP contribution in [0.1, 0.15) is 5.56 Å². The minimum atomic E-state index is -0.448. The summed E-state index contributed by atoms with van der Waals surface area (Å²) in [6.07, 6.45) is -0.448. The molecule has 8 heteroatoms. The Labute approximate surface area is 169 Å². The molecule has 1 fully saturated rings. The number of halogens is 1. The Morgan fingerprint density at radius 2 is 1.89 bits per heavy atom. The fourth-order valence-electron chi connectivity index (χ4n) is 3.25. The van der Waals surface area contributed by atoms with Crippen LogP contribution in [0.4, 0.5) is 11.4 Å². The van der Waals surface area contributed by atoms with Gasteiger partial charge in [0.05, 0.1) is 13.2 Å². The number of nitrogens with zero attached hydrogens (tertiary/aromatic N) is 4. The van der Waals surface area contributed by atoms with Crippen LogP contribution in [0.15, 0.2) is 58.5 Å². The van der Waals surface area contributed by atoms with E-state index in [1.807, 2.05) is 24.3 Å². The summed E-state index contributed by atoms with van der Waals surface area (Å²) in [7, 11) is 0. The van der Waals surface area contributed by atoms with Crippen molar-refractivity contribution in [1.29, 1.82) is 0 Å². The lowest BCUT2D eigenvalue weighted by molar-refractivity contribution is 0.0671. The molecule has 2 heterocycles. The third-order valence-electron chi connectivity index (χ3n) is 4.66. The van der Waals surface area contributed by atoms with E-state index in [2.05, 4.69) is 56.3 Å². The van der Waals surface area contributed by atoms with Crippen LogP contribution in [0.25, 0.3) is 0 Å². The Morgan fingerprint density at radius 1 is 1.14 bits per heavy atom. The van der Waals surface area contributed by atoms with E-state index in [1.54, 1.807) is 0 Å². The van der Waals surface area contributed by atoms with Crippen molar-refractivity contribution in [2.24, 2.45) is 15.7 Å². The van der Waals surface area contributed by atoms with Crippen molar-refractivity contribution in [2.75, 3.05) is 36.5 Å². The average Bonchev–Trinajstić information content (AvgIpc) is 2.69. The van der Waals surface area contributed by atoms with E-state index < -0.39 is 6.29 Å². The summed E-state index contributed by atoms with van der Waals surface area (Å²) in [6, 6.07) is 15.8. The molecule has 2 aromatic rings. The second-order valence-corrected chi connectivity index (χ2v) is 7.17. The molecule has 0 bridgehead atoms. The number of anilines is 2. The quantitative estimate of drug-likeness (QED) is 0.831. The summed E-state index contributed by atoms with van der Waals surface area (Å²) in [4.78, 5) is 13.4. The summed E-state index contributed by atoms with van der Waals surface area (Å²) in [5, 5.41) is 4.07. The first-order chi connectivity index (χ1) is 13.6. The number of aliphatic imine (C=N–C) groups is 2. The zero-order valence-electron chi connectivity index (χ0n) is 15.7. The van der Waals surface area contributed by atoms with Crippen molar-refractivity contribution in [3.05, 3.63) is 59.1 Å². The van der Waals surface area contributed by atoms with Gasteiger partial charge in [-0.3, -0.25) is 4.90 Å². The maximum absolute atomic E-state index is 6.15. The Hall–Kier alpha value is -2.77. The summed E-state index contributed by atoms with van der Waals surface area (Å²) in [5.74, 6) is 1.00. The van der Waals surface area contributed by atoms with E-state index >= 15 is 0 Å². The number of nitrogens with one attached hydrogen (secondary N) is 1. The van der Waals surface area contributed by atoms with Gasteiger partial charge in [0, 0.05) is 29.5 Å². The maximum atomic E-state index is 6.15. The Bertz CT molecular complexity index is 892. The molecule has 2 aromatic carbocycles. The van der Waals surface area contributed by atoms with Crippen LogP contribution in [-0.2, 0) is 4.74 Å². The van der Waals surface area contributed by atoms with Crippen LogP contribution < -0.4 is 16.0 Å². The van der Waals surface area contributed by atoms with Gasteiger partial charge in [0.1, 0.15) is 0 Å². The molecule has 2 aliphatic heterocycles. The molecule has 7 nitrogen and oxygen atoms in total. The Balaban J connectivity index is 1.72. The first-order valence-corrected chi connectivity index (χ1v) is 9.60. The minimum Gasteiger partial charge on any atom is -0.378 e. The minimum absolute atomic E-state index is 0.240. The van der Waals surface area contributed by atoms with Gasteiger partial charge in [-0.25, -0.2) is 4.99 Å². The van der Waals surface area contributed by atoms with Crippen molar-refractivity contribution in [1.82, 2.24) is 4.90 Å². The fraction of sp³-hybridized carbons (Fsp3) is 0.300. The van der Waals surface area contributed by atoms with Gasteiger partial charge in [-0.2, -0.15) is 4.99 Å². The monoisotopic (exact) mass is 398 g/mol. The van der Waals surface area contributed by atoms with Gasteiger partial charge in [0.15, 0.2) is 0 Å². The average molecular weight is 399 g/mol. The lowest BCUT2D eigenvalue weighted by Crippen LogP contribution is -2.57. The van der Waals surface area contributed by atoms with Crippen molar-refractivity contribution >= 4 is 34.9 Å². The number of hydrogen-bond donors (Lipinski definition) is 2. The topological polar surface area (TPSA) is 78.5 Å². The van der Waals surface area contributed by atoms with Gasteiger partial charge in [0.25, 0.3) is 0 Å². The Kier molecular flexibility index (Phi) is 5.36. The highest BCUT2D eigenvalue weighted by Crippen LogP contribution is 2.25. The molecule has 0 aromatic heterocycles. The molecule has 0 aliphatic carbocycles. The number of nitrogens with two attached hydrogens (primary N) is 1. The molecule has 0 saturated carbocycles. The van der Waals surface area contributed by atoms with Gasteiger partial charge in [-0.1, -0.05) is 35.4 Å². The summed E-state index contributed by atoms with van der Waals surface area (Å²) in [6.45, 7) is 4.87. The van der Waals surface area contributed by atoms with Gasteiger partial charge < -0.3 is 20.7 Å². The molecule has 28 heavy (non-hydrogen) atoms. The van der Waals surface area contributed by atoms with Crippen LogP contribution in [0.3, 0.4) is 0 Å². The van der Waals surface area contributed by atoms with Gasteiger partial charge in [-0.05, 0) is 37.3 Å². The number of hydrogen-bond acceptors (Lipinski definition) is 7. The van der Waals surface area contributed by atoms with Crippen LogP contribution >= 0.6 is 11.6 Å². The molecule has 146 valence electrons. The van der Waals surface area contributed by atoms with E-state index in [4.69, 9.17) is 22.1 Å². The van der Waals surface area contributed by atoms with E-state index in [-0.39, 0.29) is 5.96 Å². The number of benzene rings is 2. The highest BCUT2D eigenvalue weighted by Gasteiger charge is 2.32. The molecule has 1 saturated heterocycles. The van der Waals surface area contributed by atoms with Crippen molar-refractivity contribution in [3.8, 4) is 0 Å². The van der Waals surface area contributed by atoms with Crippen LogP contribution in [0.2, 0.25) is 5.02 Å². The van der Waals surface area contributed by atoms with Crippen LogP contribution in [0.5, 0.6) is 0 Å². The normalized spacial score (nSPS) is 19.9. The predicted octanol–water partition coefficient (Wildman–Crippen LogP) is 2.87. The van der Waals surface area contributed by atoms with Gasteiger partial charge >= 0.3 is 0 Å². The second-order valence-electron chi connectivity index (χ2n) is 6.73. The van der Waals surface area contributed by atoms with Gasteiger partial charge in [0.2, 0.25) is 18.2 Å². The number of rotatable bonds is 3. The summed E-state index contributed by atoms with van der Waals surface area (Å²) in [5.41, 5.74) is 9.10. The molecule has 4 rings (SSSR count). The largest absolute Gasteiger partial charge is 0.378 e. The van der Waals surface area contributed by atoms with Crippen molar-refractivity contribution in [2.45, 2.75) is 13.2 Å². The molecule has 0 spiro atoms. The first kappa shape index (κ1) is 18.6. The summed E-state index contributed by atoms with van der Waals surface area (Å²) >= 11 is 6.15. The van der Waals surface area contributed by atoms with Crippen molar-refractivity contribution < 1.29 is 4.74 Å². The highest BCUT2D eigenvalue weighted by atomic mass is 35.5. The molecule has 1 unspecified atom stereocenters. The molecular formula is C20H23ClN6O. The number of guanidine groups is 2. The lowest BCUT2D eigenvalue weighted by atomic mass is 10.2. The third-order valence-corrected chi connectivity index (χ3v) is 4.89. The molecular weight excluding hydrogens is 376 g/mol. The van der Waals surface area contributed by atoms with Crippen LogP contribution in [0, 0.1) is 6.92 Å². The number of aryl methyl sites for hydroxylation is 1. The molecule has 0 radical (unpaired) electrons. The van der Waals surface area contributed by atoms with E-state index in [0.717, 1.165) is 30.4 Å². The molecule has 1 atom stereocenters. The lowest BCUT2D eigenvalue weighted by Gasteiger charge is -2.41. The summed E-state index contributed by atoms with van der Waals surface area (Å²) < 4.78 is 5.50. The fourth-order valence-corrected chi connectivity index (χ4v) is 3.44. The standard InChI is InChI=1S/C20H23ClN6O/c1-14-5-7-17(8-6-14)27-19(23-16-4-2-3-15(21)13-16)24-18(22)25-20(27)26-9-11-28-12-10-26/h2-8,13,19,23H,9-12H2,1H3,(H2,22,24). The first-order valence-electron chi connectivity index (χ1n) is 9.23. The zero-order valence-corrected chi connectivity index (χ0v) is 16.4. The number of morpholine rings is 1. The molecule has 0 amide bonds. The molecule has 3 N–H and O–H groups in total. The number of ether oxygens (including phenoxy) is 1. The van der Waals surface area contributed by atoms with Crippen molar-refractivity contribution in [3.63, 3.8) is 0 Å². The predicted molar refractivity (Wildman–Crippen MR) is 114 cm³/mol. The third kappa shape index (κ3) is 4.05. The second kappa shape index (κ2) is 8.08. The van der Waals surface area contributed by atoms with Crippen LogP contribution in [-0.4, -0.2) is 49.4 Å². The van der Waals surface area contributed by atoms with E-state index in [9.17, 15) is 0 Å². The zero-order chi connectivity index (χ0) is 19.5. The van der Waals surface area contributed by atoms with E-state index in [1.165, 1.54) is 5.56 Å². The van der Waals surface area contributed by atoms with E-state index in [0.29, 0.717) is 18.2 Å². The Morgan fingerprint density at radius 3 is 2.61 bits per heavy atom. The highest BCUT2D eigenvalue weighted by molar-refractivity contribution is 6.30. The van der Waals surface area contributed by atoms with Gasteiger partial charge in [-0.15, -0.1) is 0 Å². The SMILES string of the molecule is Cc1ccc(N2C(N3CCOCC3)=NC(N)=NC2Nc2cccc(Cl)c2)cc1. The molecule has 2 aliphatic rings. The smallest absolute Gasteiger partial charge is 0.222 e. The maximum Gasteiger partial charge on any atom is 0.222 e.